The van der Waals surface area contributed by atoms with Crippen molar-refractivity contribution in [2.24, 2.45) is 0 Å². The first-order chi connectivity index (χ1) is 7.66. The van der Waals surface area contributed by atoms with Crippen LogP contribution in [0, 0.1) is 6.92 Å². The molecule has 2 rings (SSSR count). The van der Waals surface area contributed by atoms with Gasteiger partial charge in [-0.05, 0) is 26.5 Å². The Kier molecular flexibility index (Phi) is 3.62. The van der Waals surface area contributed by atoms with E-state index in [9.17, 15) is 0 Å². The first-order valence-corrected chi connectivity index (χ1v) is 6.16. The zero-order chi connectivity index (χ0) is 11.5. The number of benzene rings is 1. The van der Waals surface area contributed by atoms with Crippen LogP contribution in [0.25, 0.3) is 0 Å². The van der Waals surface area contributed by atoms with E-state index in [-0.39, 0.29) is 0 Å². The van der Waals surface area contributed by atoms with Crippen molar-refractivity contribution < 1.29 is 0 Å². The maximum atomic E-state index is 2.58. The molecule has 1 aliphatic rings. The summed E-state index contributed by atoms with van der Waals surface area (Å²) in [6, 6.07) is 9.43. The lowest BCUT2D eigenvalue weighted by Gasteiger charge is -2.36. The molecule has 1 aliphatic heterocycles. The van der Waals surface area contributed by atoms with Gasteiger partial charge < -0.3 is 4.90 Å². The van der Waals surface area contributed by atoms with Gasteiger partial charge in [-0.25, -0.2) is 0 Å². The molecule has 1 fully saturated rings. The minimum Gasteiger partial charge on any atom is -0.304 e. The summed E-state index contributed by atoms with van der Waals surface area (Å²) in [5.74, 6) is 0. The quantitative estimate of drug-likeness (QED) is 0.751. The predicted molar refractivity (Wildman–Crippen MR) is 68.7 cm³/mol. The smallest absolute Gasteiger partial charge is 0.0321 e. The summed E-state index contributed by atoms with van der Waals surface area (Å²) in [7, 11) is 2.20. The van der Waals surface area contributed by atoms with Gasteiger partial charge in [0.15, 0.2) is 0 Å². The normalized spacial score (nSPS) is 20.9. The largest absolute Gasteiger partial charge is 0.304 e. The summed E-state index contributed by atoms with van der Waals surface area (Å²) < 4.78 is 0. The molecular formula is C14H22N2. The lowest BCUT2D eigenvalue weighted by Crippen LogP contribution is -2.45. The Hall–Kier alpha value is -0.860. The van der Waals surface area contributed by atoms with Crippen LogP contribution in [-0.4, -0.2) is 43.0 Å². The number of nitrogens with zero attached hydrogens (tertiary/aromatic N) is 2. The van der Waals surface area contributed by atoms with E-state index in [0.717, 1.165) is 0 Å². The van der Waals surface area contributed by atoms with Gasteiger partial charge in [0.2, 0.25) is 0 Å². The molecule has 16 heavy (non-hydrogen) atoms. The molecule has 0 amide bonds. The van der Waals surface area contributed by atoms with E-state index in [1.807, 2.05) is 0 Å². The van der Waals surface area contributed by atoms with Gasteiger partial charge in [-0.1, -0.05) is 29.8 Å². The zero-order valence-electron chi connectivity index (χ0n) is 10.6. The number of piperazine rings is 1. The van der Waals surface area contributed by atoms with Crippen molar-refractivity contribution >= 4 is 0 Å². The fraction of sp³-hybridized carbons (Fsp3) is 0.571. The topological polar surface area (TPSA) is 6.48 Å². The highest BCUT2D eigenvalue weighted by atomic mass is 15.3. The molecule has 0 saturated carbocycles. The molecule has 1 unspecified atom stereocenters. The predicted octanol–water partition coefficient (Wildman–Crippen LogP) is 2.30. The van der Waals surface area contributed by atoms with Gasteiger partial charge in [-0.15, -0.1) is 0 Å². The standard InChI is InChI=1S/C14H22N2/c1-12-5-4-6-14(11-12)13(2)16-9-7-15(3)8-10-16/h4-6,11,13H,7-10H2,1-3H3. The SMILES string of the molecule is Cc1cccc(C(C)N2CCN(C)CC2)c1. The molecule has 1 aromatic rings. The van der Waals surface area contributed by atoms with E-state index in [1.54, 1.807) is 0 Å². The average molecular weight is 218 g/mol. The third kappa shape index (κ3) is 2.63. The summed E-state index contributed by atoms with van der Waals surface area (Å²) >= 11 is 0. The molecule has 0 spiro atoms. The fourth-order valence-corrected chi connectivity index (χ4v) is 2.35. The van der Waals surface area contributed by atoms with Gasteiger partial charge in [0.25, 0.3) is 0 Å². The van der Waals surface area contributed by atoms with Gasteiger partial charge in [0, 0.05) is 32.2 Å². The number of rotatable bonds is 2. The molecule has 1 heterocycles. The van der Waals surface area contributed by atoms with Crippen molar-refractivity contribution in [3.63, 3.8) is 0 Å². The molecule has 0 radical (unpaired) electrons. The van der Waals surface area contributed by atoms with E-state index in [2.05, 4.69) is 55.0 Å². The monoisotopic (exact) mass is 218 g/mol. The van der Waals surface area contributed by atoms with Crippen molar-refractivity contribution in [3.8, 4) is 0 Å². The van der Waals surface area contributed by atoms with Crippen LogP contribution in [0.15, 0.2) is 24.3 Å². The maximum Gasteiger partial charge on any atom is 0.0321 e. The number of aryl methyl sites for hydroxylation is 1. The van der Waals surface area contributed by atoms with Crippen molar-refractivity contribution in [2.75, 3.05) is 33.2 Å². The Morgan fingerprint density at radius 1 is 1.12 bits per heavy atom. The van der Waals surface area contributed by atoms with Crippen LogP contribution in [-0.2, 0) is 0 Å². The fourth-order valence-electron chi connectivity index (χ4n) is 2.35. The second-order valence-corrected chi connectivity index (χ2v) is 4.93. The molecule has 1 aromatic carbocycles. The summed E-state index contributed by atoms with van der Waals surface area (Å²) in [5, 5.41) is 0. The van der Waals surface area contributed by atoms with Crippen molar-refractivity contribution in [1.82, 2.24) is 9.80 Å². The van der Waals surface area contributed by atoms with Crippen molar-refractivity contribution in [2.45, 2.75) is 19.9 Å². The van der Waals surface area contributed by atoms with Crippen LogP contribution < -0.4 is 0 Å². The molecule has 1 atom stereocenters. The van der Waals surface area contributed by atoms with Crippen LogP contribution in [0.2, 0.25) is 0 Å². The first-order valence-electron chi connectivity index (χ1n) is 6.16. The molecule has 0 bridgehead atoms. The summed E-state index contributed by atoms with van der Waals surface area (Å²) in [4.78, 5) is 4.98. The molecule has 0 aromatic heterocycles. The van der Waals surface area contributed by atoms with Gasteiger partial charge >= 0.3 is 0 Å². The molecular weight excluding hydrogens is 196 g/mol. The Balaban J connectivity index is 2.04. The van der Waals surface area contributed by atoms with Crippen LogP contribution >= 0.6 is 0 Å². The average Bonchev–Trinajstić information content (AvgIpc) is 2.29. The summed E-state index contributed by atoms with van der Waals surface area (Å²) in [6.45, 7) is 9.24. The number of likely N-dealkylation sites (N-methyl/N-ethyl adjacent to an activating group) is 1. The van der Waals surface area contributed by atoms with Crippen LogP contribution in [0.4, 0.5) is 0 Å². The Morgan fingerprint density at radius 3 is 2.44 bits per heavy atom. The Bertz CT molecular complexity index is 340. The highest BCUT2D eigenvalue weighted by Crippen LogP contribution is 2.21. The van der Waals surface area contributed by atoms with Crippen LogP contribution in [0.3, 0.4) is 0 Å². The number of hydrogen-bond donors (Lipinski definition) is 0. The van der Waals surface area contributed by atoms with E-state index in [0.29, 0.717) is 6.04 Å². The molecule has 0 N–H and O–H groups in total. The van der Waals surface area contributed by atoms with Gasteiger partial charge in [-0.2, -0.15) is 0 Å². The summed E-state index contributed by atoms with van der Waals surface area (Å²) in [5.41, 5.74) is 2.81. The third-order valence-electron chi connectivity index (χ3n) is 3.61. The van der Waals surface area contributed by atoms with Crippen molar-refractivity contribution in [3.05, 3.63) is 35.4 Å². The molecule has 2 heteroatoms. The zero-order valence-corrected chi connectivity index (χ0v) is 10.6. The maximum absolute atomic E-state index is 2.58. The van der Waals surface area contributed by atoms with E-state index in [1.165, 1.54) is 37.3 Å². The van der Waals surface area contributed by atoms with Crippen LogP contribution in [0.5, 0.6) is 0 Å². The minimum atomic E-state index is 0.550. The van der Waals surface area contributed by atoms with Gasteiger partial charge in [-0.3, -0.25) is 4.90 Å². The highest BCUT2D eigenvalue weighted by molar-refractivity contribution is 5.24. The Labute approximate surface area is 98.9 Å². The second kappa shape index (κ2) is 4.98. The third-order valence-corrected chi connectivity index (χ3v) is 3.61. The highest BCUT2D eigenvalue weighted by Gasteiger charge is 2.19. The van der Waals surface area contributed by atoms with Crippen LogP contribution in [0.1, 0.15) is 24.1 Å². The molecule has 1 saturated heterocycles. The lowest BCUT2D eigenvalue weighted by molar-refractivity contribution is 0.119. The molecule has 2 nitrogen and oxygen atoms in total. The van der Waals surface area contributed by atoms with E-state index < -0.39 is 0 Å². The molecule has 88 valence electrons. The first kappa shape index (κ1) is 11.6. The number of hydrogen-bond acceptors (Lipinski definition) is 2. The minimum absolute atomic E-state index is 0.550. The van der Waals surface area contributed by atoms with E-state index >= 15 is 0 Å². The lowest BCUT2D eigenvalue weighted by atomic mass is 10.0. The summed E-state index contributed by atoms with van der Waals surface area (Å²) in [6.07, 6.45) is 0. The second-order valence-electron chi connectivity index (χ2n) is 4.93. The molecule has 0 aliphatic carbocycles. The van der Waals surface area contributed by atoms with Gasteiger partial charge in [0.05, 0.1) is 0 Å². The van der Waals surface area contributed by atoms with Crippen molar-refractivity contribution in [1.29, 1.82) is 0 Å². The van der Waals surface area contributed by atoms with E-state index in [4.69, 9.17) is 0 Å². The van der Waals surface area contributed by atoms with Gasteiger partial charge in [0.1, 0.15) is 0 Å². The Morgan fingerprint density at radius 2 is 1.81 bits per heavy atom.